The lowest BCUT2D eigenvalue weighted by Gasteiger charge is -2.28. The molecule has 1 aliphatic rings. The largest absolute Gasteiger partial charge is 0.396 e. The van der Waals surface area contributed by atoms with Crippen molar-refractivity contribution in [3.05, 3.63) is 18.2 Å². The lowest BCUT2D eigenvalue weighted by molar-refractivity contribution is 0.445. The maximum absolute atomic E-state index is 11.2. The Kier molecular flexibility index (Phi) is 2.77. The summed E-state index contributed by atoms with van der Waals surface area (Å²) in [7, 11) is -3.75. The summed E-state index contributed by atoms with van der Waals surface area (Å²) >= 11 is 0. The molecule has 0 bridgehead atoms. The highest BCUT2D eigenvalue weighted by Gasteiger charge is 2.20. The van der Waals surface area contributed by atoms with E-state index in [1.807, 2.05) is 0 Å². The van der Waals surface area contributed by atoms with E-state index in [0.717, 1.165) is 12.8 Å². The van der Waals surface area contributed by atoms with E-state index >= 15 is 0 Å². The summed E-state index contributed by atoms with van der Waals surface area (Å²) in [6.45, 7) is 0. The molecule has 5 nitrogen and oxygen atoms in total. The Morgan fingerprint density at radius 2 is 2.00 bits per heavy atom. The van der Waals surface area contributed by atoms with Crippen LogP contribution in [0, 0.1) is 0 Å². The minimum Gasteiger partial charge on any atom is -0.396 e. The van der Waals surface area contributed by atoms with Gasteiger partial charge in [0.1, 0.15) is 4.90 Å². The highest BCUT2D eigenvalue weighted by Crippen LogP contribution is 2.30. The molecule has 1 saturated carbocycles. The molecule has 2 rings (SSSR count). The van der Waals surface area contributed by atoms with Gasteiger partial charge in [0.2, 0.25) is 10.0 Å². The molecule has 0 aliphatic heterocycles. The van der Waals surface area contributed by atoms with Crippen LogP contribution < -0.4 is 16.2 Å². The van der Waals surface area contributed by atoms with Crippen LogP contribution in [0.1, 0.15) is 19.3 Å². The van der Waals surface area contributed by atoms with Crippen LogP contribution in [0.5, 0.6) is 0 Å². The number of rotatable bonds is 3. The average Bonchev–Trinajstić information content (AvgIpc) is 2.11. The van der Waals surface area contributed by atoms with Crippen molar-refractivity contribution in [3.8, 4) is 0 Å². The molecule has 5 N–H and O–H groups in total. The molecule has 16 heavy (non-hydrogen) atoms. The molecule has 0 saturated heterocycles. The van der Waals surface area contributed by atoms with Crippen LogP contribution in [-0.4, -0.2) is 14.5 Å². The zero-order valence-electron chi connectivity index (χ0n) is 8.81. The summed E-state index contributed by atoms with van der Waals surface area (Å²) in [5.74, 6) is 0. The van der Waals surface area contributed by atoms with Gasteiger partial charge in [0.15, 0.2) is 0 Å². The van der Waals surface area contributed by atoms with Crippen molar-refractivity contribution in [2.75, 3.05) is 11.1 Å². The average molecular weight is 241 g/mol. The lowest BCUT2D eigenvalue weighted by Crippen LogP contribution is -2.27. The zero-order chi connectivity index (χ0) is 11.8. The first-order chi connectivity index (χ1) is 7.48. The molecule has 6 heteroatoms. The van der Waals surface area contributed by atoms with Crippen molar-refractivity contribution in [1.82, 2.24) is 0 Å². The van der Waals surface area contributed by atoms with E-state index in [1.54, 1.807) is 12.1 Å². The van der Waals surface area contributed by atoms with Gasteiger partial charge in [0.05, 0.1) is 11.4 Å². The molecule has 0 unspecified atom stereocenters. The van der Waals surface area contributed by atoms with Gasteiger partial charge in [-0.25, -0.2) is 13.6 Å². The first-order valence-electron chi connectivity index (χ1n) is 5.16. The quantitative estimate of drug-likeness (QED) is 0.684. The fourth-order valence-corrected chi connectivity index (χ4v) is 2.38. The number of benzene rings is 1. The number of nitrogens with two attached hydrogens (primary N) is 2. The Morgan fingerprint density at radius 3 is 2.50 bits per heavy atom. The third-order valence-electron chi connectivity index (χ3n) is 2.84. The van der Waals surface area contributed by atoms with Crippen molar-refractivity contribution >= 4 is 21.4 Å². The molecule has 1 aromatic carbocycles. The Morgan fingerprint density at radius 1 is 1.31 bits per heavy atom. The van der Waals surface area contributed by atoms with E-state index in [0.29, 0.717) is 11.7 Å². The van der Waals surface area contributed by atoms with Crippen LogP contribution in [0.25, 0.3) is 0 Å². The number of nitrogens with one attached hydrogen (secondary N) is 1. The lowest BCUT2D eigenvalue weighted by atomic mass is 9.93. The molecular weight excluding hydrogens is 226 g/mol. The fraction of sp³-hybridized carbons (Fsp3) is 0.400. The third-order valence-corrected chi connectivity index (χ3v) is 3.81. The molecule has 0 radical (unpaired) electrons. The normalized spacial score (nSPS) is 16.8. The number of para-hydroxylation sites is 1. The number of anilines is 2. The molecule has 1 fully saturated rings. The molecular formula is C10H15N3O2S. The number of hydrogen-bond acceptors (Lipinski definition) is 4. The van der Waals surface area contributed by atoms with Gasteiger partial charge >= 0.3 is 0 Å². The summed E-state index contributed by atoms with van der Waals surface area (Å²) in [4.78, 5) is -0.0168. The first-order valence-corrected chi connectivity index (χ1v) is 6.71. The van der Waals surface area contributed by atoms with E-state index in [2.05, 4.69) is 5.32 Å². The molecule has 0 heterocycles. The van der Waals surface area contributed by atoms with E-state index in [1.165, 1.54) is 12.5 Å². The molecule has 0 aromatic heterocycles. The first kappa shape index (κ1) is 11.2. The van der Waals surface area contributed by atoms with E-state index in [-0.39, 0.29) is 10.6 Å². The highest BCUT2D eigenvalue weighted by molar-refractivity contribution is 7.89. The van der Waals surface area contributed by atoms with Crippen molar-refractivity contribution < 1.29 is 8.42 Å². The van der Waals surface area contributed by atoms with Crippen LogP contribution in [0.3, 0.4) is 0 Å². The Hall–Kier alpha value is -1.27. The maximum Gasteiger partial charge on any atom is 0.240 e. The Bertz CT molecular complexity index is 495. The van der Waals surface area contributed by atoms with Gasteiger partial charge in [0, 0.05) is 6.04 Å². The third kappa shape index (κ3) is 2.12. The van der Waals surface area contributed by atoms with Gasteiger partial charge in [-0.1, -0.05) is 6.07 Å². The molecule has 1 aliphatic carbocycles. The summed E-state index contributed by atoms with van der Waals surface area (Å²) in [6.07, 6.45) is 3.39. The van der Waals surface area contributed by atoms with Gasteiger partial charge < -0.3 is 11.1 Å². The molecule has 88 valence electrons. The second-order valence-electron chi connectivity index (χ2n) is 4.03. The Balaban J connectivity index is 2.32. The van der Waals surface area contributed by atoms with Crippen molar-refractivity contribution in [2.45, 2.75) is 30.2 Å². The monoisotopic (exact) mass is 241 g/mol. The fourth-order valence-electron chi connectivity index (χ4n) is 1.69. The van der Waals surface area contributed by atoms with Gasteiger partial charge in [-0.05, 0) is 31.4 Å². The summed E-state index contributed by atoms with van der Waals surface area (Å²) in [6, 6.07) is 5.22. The Labute approximate surface area is 94.9 Å². The molecule has 0 spiro atoms. The van der Waals surface area contributed by atoms with Crippen molar-refractivity contribution in [2.24, 2.45) is 5.14 Å². The number of primary sulfonamides is 1. The number of nitrogen functional groups attached to an aromatic ring is 1. The maximum atomic E-state index is 11.2. The predicted octanol–water partition coefficient (Wildman–Crippen LogP) is 0.881. The second kappa shape index (κ2) is 3.95. The van der Waals surface area contributed by atoms with Crippen molar-refractivity contribution in [1.29, 1.82) is 0 Å². The number of sulfonamides is 1. The minimum atomic E-state index is -3.75. The predicted molar refractivity (Wildman–Crippen MR) is 63.5 cm³/mol. The zero-order valence-corrected chi connectivity index (χ0v) is 9.63. The summed E-state index contributed by atoms with van der Waals surface area (Å²) < 4.78 is 22.5. The van der Waals surface area contributed by atoms with Gasteiger partial charge in [-0.3, -0.25) is 0 Å². The van der Waals surface area contributed by atoms with Crippen LogP contribution in [-0.2, 0) is 10.0 Å². The smallest absolute Gasteiger partial charge is 0.240 e. The van der Waals surface area contributed by atoms with Crippen LogP contribution in [0.15, 0.2) is 23.1 Å². The second-order valence-corrected chi connectivity index (χ2v) is 5.56. The standard InChI is InChI=1S/C10H15N3O2S/c11-10-8(13-7-3-1-4-7)5-2-6-9(10)16(12,14)15/h2,5-7,13H,1,3-4,11H2,(H2,12,14,15). The molecule has 0 amide bonds. The molecule has 1 aromatic rings. The molecule has 0 atom stereocenters. The van der Waals surface area contributed by atoms with E-state index < -0.39 is 10.0 Å². The minimum absolute atomic E-state index is 0.0168. The van der Waals surface area contributed by atoms with Gasteiger partial charge in [0.25, 0.3) is 0 Å². The SMILES string of the molecule is Nc1c(NC2CCC2)cccc1S(N)(=O)=O. The van der Waals surface area contributed by atoms with Gasteiger partial charge in [-0.15, -0.1) is 0 Å². The van der Waals surface area contributed by atoms with E-state index in [9.17, 15) is 8.42 Å². The highest BCUT2D eigenvalue weighted by atomic mass is 32.2. The summed E-state index contributed by atoms with van der Waals surface area (Å²) in [5, 5.41) is 8.28. The van der Waals surface area contributed by atoms with Gasteiger partial charge in [-0.2, -0.15) is 0 Å². The van der Waals surface area contributed by atoms with Crippen LogP contribution in [0.4, 0.5) is 11.4 Å². The summed E-state index contributed by atoms with van der Waals surface area (Å²) in [5.41, 5.74) is 6.63. The topological polar surface area (TPSA) is 98.2 Å². The van der Waals surface area contributed by atoms with Crippen molar-refractivity contribution in [3.63, 3.8) is 0 Å². The van der Waals surface area contributed by atoms with Crippen LogP contribution >= 0.6 is 0 Å². The van der Waals surface area contributed by atoms with Crippen LogP contribution in [0.2, 0.25) is 0 Å². The van der Waals surface area contributed by atoms with E-state index in [4.69, 9.17) is 10.9 Å². The number of hydrogen-bond donors (Lipinski definition) is 3.